The molecule has 0 spiro atoms. The van der Waals surface area contributed by atoms with Crippen LogP contribution < -0.4 is 5.32 Å². The van der Waals surface area contributed by atoms with Crippen molar-refractivity contribution in [1.82, 2.24) is 5.32 Å². The summed E-state index contributed by atoms with van der Waals surface area (Å²) in [5.74, 6) is 0.237. The molecule has 2 atom stereocenters. The van der Waals surface area contributed by atoms with Crippen LogP contribution in [0.15, 0.2) is 10.9 Å². The average molecular weight is 248 g/mol. The van der Waals surface area contributed by atoms with Gasteiger partial charge in [-0.25, -0.2) is 0 Å². The summed E-state index contributed by atoms with van der Waals surface area (Å²) in [5.41, 5.74) is -0.416. The second kappa shape index (κ2) is 5.81. The Labute approximate surface area is 98.3 Å². The largest absolute Gasteiger partial charge is 0.381 e. The third-order valence-electron chi connectivity index (χ3n) is 2.51. The van der Waals surface area contributed by atoms with Crippen LogP contribution in [-0.4, -0.2) is 30.4 Å². The molecule has 2 N–H and O–H groups in total. The Morgan fingerprint density at radius 2 is 2.44 bits per heavy atom. The molecule has 0 aliphatic carbocycles. The Kier molecular flexibility index (Phi) is 4.70. The highest BCUT2D eigenvalue weighted by Crippen LogP contribution is 2.17. The number of nitrogens with one attached hydrogen (secondary N) is 2. The average Bonchev–Trinajstić information content (AvgIpc) is 2.22. The van der Waals surface area contributed by atoms with Crippen LogP contribution in [-0.2, 0) is 4.74 Å². The fraction of sp³-hybridized carbons (Fsp3) is 0.667. The van der Waals surface area contributed by atoms with E-state index in [1.165, 1.54) is 0 Å². The number of ether oxygens (including phenoxy) is 1. The Bertz CT molecular complexity index is 319. The number of nitrogens with zero attached hydrogens (tertiary/aromatic N) is 1. The van der Waals surface area contributed by atoms with Crippen LogP contribution in [0.1, 0.15) is 13.3 Å². The number of rotatable bonds is 4. The summed E-state index contributed by atoms with van der Waals surface area (Å²) in [7, 11) is 0. The molecule has 1 rings (SSSR count). The van der Waals surface area contributed by atoms with Crippen LogP contribution in [0.5, 0.6) is 0 Å². The van der Waals surface area contributed by atoms with Gasteiger partial charge in [-0.3, -0.25) is 10.1 Å². The van der Waals surface area contributed by atoms with E-state index in [2.05, 4.69) is 5.32 Å². The molecule has 7 heteroatoms. The molecule has 1 aliphatic heterocycles. The summed E-state index contributed by atoms with van der Waals surface area (Å²) in [6.45, 7) is 3.21. The number of allylic oxidation sites excluding steroid dienone is 1. The van der Waals surface area contributed by atoms with E-state index in [1.807, 2.05) is 6.92 Å². The minimum absolute atomic E-state index is 0.0520. The molecule has 0 amide bonds. The lowest BCUT2D eigenvalue weighted by molar-refractivity contribution is -0.415. The maximum absolute atomic E-state index is 10.5. The molecule has 1 saturated heterocycles. The standard InChI is InChI=1S/C9H14ClN3O3/c1-6-5-16-3-2-7(6)12-9(10)8(4-11)13(14)15/h4,6-7,11-12H,2-3,5H2,1H3/b9-8+,11-4?. The molecule has 6 nitrogen and oxygen atoms in total. The van der Waals surface area contributed by atoms with Gasteiger partial charge in [-0.1, -0.05) is 18.5 Å². The summed E-state index contributed by atoms with van der Waals surface area (Å²) in [5, 5.41) is 20.2. The highest BCUT2D eigenvalue weighted by molar-refractivity contribution is 6.30. The van der Waals surface area contributed by atoms with Gasteiger partial charge in [0.05, 0.1) is 17.7 Å². The molecular weight excluding hydrogens is 234 g/mol. The first kappa shape index (κ1) is 12.9. The van der Waals surface area contributed by atoms with Crippen molar-refractivity contribution in [2.75, 3.05) is 13.2 Å². The second-order valence-electron chi connectivity index (χ2n) is 3.69. The Morgan fingerprint density at radius 1 is 1.75 bits per heavy atom. The van der Waals surface area contributed by atoms with Gasteiger partial charge < -0.3 is 15.5 Å². The van der Waals surface area contributed by atoms with Gasteiger partial charge in [0.15, 0.2) is 5.16 Å². The van der Waals surface area contributed by atoms with Crippen molar-refractivity contribution in [3.8, 4) is 0 Å². The monoisotopic (exact) mass is 247 g/mol. The summed E-state index contributed by atoms with van der Waals surface area (Å²) >= 11 is 5.78. The molecule has 1 aliphatic rings. The van der Waals surface area contributed by atoms with Crippen molar-refractivity contribution < 1.29 is 9.66 Å². The zero-order chi connectivity index (χ0) is 12.1. The van der Waals surface area contributed by atoms with Gasteiger partial charge in [0, 0.05) is 12.6 Å². The summed E-state index contributed by atoms with van der Waals surface area (Å²) in [4.78, 5) is 9.87. The summed E-state index contributed by atoms with van der Waals surface area (Å²) < 4.78 is 5.25. The zero-order valence-electron chi connectivity index (χ0n) is 8.90. The third-order valence-corrected chi connectivity index (χ3v) is 2.81. The predicted octanol–water partition coefficient (Wildman–Crippen LogP) is 1.34. The van der Waals surface area contributed by atoms with Gasteiger partial charge in [-0.15, -0.1) is 0 Å². The van der Waals surface area contributed by atoms with Gasteiger partial charge in [0.1, 0.15) is 0 Å². The van der Waals surface area contributed by atoms with E-state index < -0.39 is 10.6 Å². The van der Waals surface area contributed by atoms with E-state index in [4.69, 9.17) is 21.7 Å². The van der Waals surface area contributed by atoms with Crippen LogP contribution in [0.25, 0.3) is 0 Å². The smallest absolute Gasteiger partial charge is 0.321 e. The van der Waals surface area contributed by atoms with Crippen molar-refractivity contribution >= 4 is 17.8 Å². The maximum atomic E-state index is 10.5. The lowest BCUT2D eigenvalue weighted by Gasteiger charge is -2.29. The Hall–Kier alpha value is -1.14. The molecule has 0 radical (unpaired) electrons. The van der Waals surface area contributed by atoms with Crippen LogP contribution >= 0.6 is 11.6 Å². The van der Waals surface area contributed by atoms with Gasteiger partial charge in [-0.2, -0.15) is 0 Å². The van der Waals surface area contributed by atoms with Gasteiger partial charge in [-0.05, 0) is 12.3 Å². The predicted molar refractivity (Wildman–Crippen MR) is 60.2 cm³/mol. The lowest BCUT2D eigenvalue weighted by Crippen LogP contribution is -2.40. The Balaban J connectivity index is 2.71. The highest BCUT2D eigenvalue weighted by atomic mass is 35.5. The van der Waals surface area contributed by atoms with E-state index >= 15 is 0 Å². The van der Waals surface area contributed by atoms with Crippen molar-refractivity contribution in [2.45, 2.75) is 19.4 Å². The number of nitro groups is 1. The Morgan fingerprint density at radius 3 is 2.94 bits per heavy atom. The molecule has 0 aromatic rings. The third kappa shape index (κ3) is 3.18. The van der Waals surface area contributed by atoms with Crippen molar-refractivity contribution in [3.63, 3.8) is 0 Å². The molecule has 90 valence electrons. The first-order chi connectivity index (χ1) is 7.56. The molecule has 1 heterocycles. The fourth-order valence-electron chi connectivity index (χ4n) is 1.53. The van der Waals surface area contributed by atoms with Gasteiger partial charge in [0.25, 0.3) is 0 Å². The molecule has 2 unspecified atom stereocenters. The van der Waals surface area contributed by atoms with E-state index in [0.29, 0.717) is 19.4 Å². The SMILES string of the molecule is CC1COCCC1N/C(Cl)=C(\C=N)[N+](=O)[O-]. The van der Waals surface area contributed by atoms with Crippen molar-refractivity contribution in [2.24, 2.45) is 5.92 Å². The minimum Gasteiger partial charge on any atom is -0.381 e. The minimum atomic E-state index is -0.674. The van der Waals surface area contributed by atoms with E-state index in [0.717, 1.165) is 6.42 Å². The van der Waals surface area contributed by atoms with E-state index in [9.17, 15) is 10.1 Å². The lowest BCUT2D eigenvalue weighted by atomic mass is 9.98. The highest BCUT2D eigenvalue weighted by Gasteiger charge is 2.24. The molecule has 0 saturated carbocycles. The first-order valence-corrected chi connectivity index (χ1v) is 5.33. The molecular formula is C9H14ClN3O3. The van der Waals surface area contributed by atoms with Gasteiger partial charge in [0.2, 0.25) is 0 Å². The summed E-state index contributed by atoms with van der Waals surface area (Å²) in [6.07, 6.45) is 1.39. The fourth-order valence-corrected chi connectivity index (χ4v) is 1.79. The van der Waals surface area contributed by atoms with Crippen LogP contribution in [0.2, 0.25) is 0 Å². The maximum Gasteiger partial charge on any atom is 0.321 e. The molecule has 1 fully saturated rings. The molecule has 0 aromatic heterocycles. The van der Waals surface area contributed by atoms with Crippen LogP contribution in [0, 0.1) is 21.4 Å². The number of hydrogen-bond donors (Lipinski definition) is 2. The van der Waals surface area contributed by atoms with Crippen molar-refractivity contribution in [3.05, 3.63) is 21.0 Å². The van der Waals surface area contributed by atoms with Crippen LogP contribution in [0.3, 0.4) is 0 Å². The van der Waals surface area contributed by atoms with Gasteiger partial charge >= 0.3 is 5.70 Å². The topological polar surface area (TPSA) is 88.2 Å². The molecule has 0 bridgehead atoms. The molecule has 16 heavy (non-hydrogen) atoms. The van der Waals surface area contributed by atoms with E-state index in [1.54, 1.807) is 0 Å². The van der Waals surface area contributed by atoms with E-state index in [-0.39, 0.29) is 17.1 Å². The zero-order valence-corrected chi connectivity index (χ0v) is 9.66. The molecule has 0 aromatic carbocycles. The normalized spacial score (nSPS) is 26.9. The van der Waals surface area contributed by atoms with Crippen molar-refractivity contribution in [1.29, 1.82) is 5.41 Å². The number of hydrogen-bond acceptors (Lipinski definition) is 5. The number of halogens is 1. The van der Waals surface area contributed by atoms with Crippen LogP contribution in [0.4, 0.5) is 0 Å². The summed E-state index contributed by atoms with van der Waals surface area (Å²) in [6, 6.07) is 0.0520. The second-order valence-corrected chi connectivity index (χ2v) is 4.07. The first-order valence-electron chi connectivity index (χ1n) is 4.95. The quantitative estimate of drug-likeness (QED) is 0.340.